The number of nitrogens with two attached hydrogens (primary N) is 1. The number of halogens is 3. The van der Waals surface area contributed by atoms with Crippen molar-refractivity contribution in [2.45, 2.75) is 15.8 Å². The predicted octanol–water partition coefficient (Wildman–Crippen LogP) is -0.685. The highest BCUT2D eigenvalue weighted by atomic mass is 35.6. The van der Waals surface area contributed by atoms with Crippen LogP contribution in [0.1, 0.15) is 0 Å². The van der Waals surface area contributed by atoms with E-state index in [0.29, 0.717) is 0 Å². The zero-order chi connectivity index (χ0) is 8.58. The van der Waals surface area contributed by atoms with Crippen LogP contribution in [0.3, 0.4) is 0 Å². The van der Waals surface area contributed by atoms with Gasteiger partial charge in [0.25, 0.3) is 5.97 Å². The third-order valence-electron chi connectivity index (χ3n) is 0.770. The quantitative estimate of drug-likeness (QED) is 0.341. The molecule has 4 nitrogen and oxygen atoms in total. The van der Waals surface area contributed by atoms with E-state index in [9.17, 15) is 0 Å². The molecular formula is C3H6Cl3NO3. The van der Waals surface area contributed by atoms with Crippen molar-refractivity contribution in [1.82, 2.24) is 0 Å². The van der Waals surface area contributed by atoms with E-state index in [0.717, 1.165) is 0 Å². The number of hydrogen-bond donors (Lipinski definition) is 4. The zero-order valence-corrected chi connectivity index (χ0v) is 6.90. The Bertz CT molecular complexity index is 103. The summed E-state index contributed by atoms with van der Waals surface area (Å²) in [6.07, 6.45) is 0. The largest absolute Gasteiger partial charge is 0.342 e. The van der Waals surface area contributed by atoms with Crippen LogP contribution in [-0.2, 0) is 0 Å². The monoisotopic (exact) mass is 209 g/mol. The van der Waals surface area contributed by atoms with Gasteiger partial charge in [-0.25, -0.2) is 0 Å². The van der Waals surface area contributed by atoms with Crippen molar-refractivity contribution < 1.29 is 15.3 Å². The first-order valence-electron chi connectivity index (χ1n) is 2.15. The highest BCUT2D eigenvalue weighted by Gasteiger charge is 2.43. The van der Waals surface area contributed by atoms with Crippen LogP contribution in [0, 0.1) is 0 Å². The summed E-state index contributed by atoms with van der Waals surface area (Å²) in [5.74, 6) is -3.18. The summed E-state index contributed by atoms with van der Waals surface area (Å²) < 4.78 is -2.11. The van der Waals surface area contributed by atoms with Gasteiger partial charge in [0.2, 0.25) is 3.79 Å². The van der Waals surface area contributed by atoms with E-state index in [4.69, 9.17) is 55.9 Å². The van der Waals surface area contributed by atoms with Crippen LogP contribution in [0.15, 0.2) is 0 Å². The summed E-state index contributed by atoms with van der Waals surface area (Å²) in [7, 11) is 0. The molecule has 0 bridgehead atoms. The molecule has 1 atom stereocenters. The molecule has 0 aromatic carbocycles. The average Bonchev–Trinajstić information content (AvgIpc) is 1.59. The fourth-order valence-corrected chi connectivity index (χ4v) is 0.659. The van der Waals surface area contributed by atoms with Gasteiger partial charge in [0.1, 0.15) is 6.04 Å². The third kappa shape index (κ3) is 3.21. The average molecular weight is 210 g/mol. The number of rotatable bonds is 1. The molecular weight excluding hydrogens is 204 g/mol. The Balaban J connectivity index is 4.23. The van der Waals surface area contributed by atoms with E-state index in [2.05, 4.69) is 0 Å². The second-order valence-corrected chi connectivity index (χ2v) is 4.08. The Labute approximate surface area is 72.1 Å². The number of aliphatic hydroxyl groups is 3. The van der Waals surface area contributed by atoms with Gasteiger partial charge in [-0.3, -0.25) is 0 Å². The predicted molar refractivity (Wildman–Crippen MR) is 37.7 cm³/mol. The van der Waals surface area contributed by atoms with Crippen LogP contribution in [0.25, 0.3) is 0 Å². The number of hydrogen-bond acceptors (Lipinski definition) is 4. The Morgan fingerprint density at radius 3 is 1.40 bits per heavy atom. The van der Waals surface area contributed by atoms with Crippen molar-refractivity contribution >= 4 is 34.8 Å². The lowest BCUT2D eigenvalue weighted by Gasteiger charge is -2.27. The Hall–Kier alpha value is 0.710. The summed E-state index contributed by atoms with van der Waals surface area (Å²) in [5, 5.41) is 25.1. The van der Waals surface area contributed by atoms with Gasteiger partial charge in [0.15, 0.2) is 0 Å². The maximum absolute atomic E-state index is 8.35. The smallest absolute Gasteiger partial charge is 0.295 e. The molecule has 10 heavy (non-hydrogen) atoms. The van der Waals surface area contributed by atoms with Gasteiger partial charge in [-0.2, -0.15) is 0 Å². The first-order chi connectivity index (χ1) is 4.15. The lowest BCUT2D eigenvalue weighted by Crippen LogP contribution is -2.55. The van der Waals surface area contributed by atoms with E-state index in [1.165, 1.54) is 0 Å². The van der Waals surface area contributed by atoms with Crippen molar-refractivity contribution in [2.75, 3.05) is 0 Å². The fourth-order valence-electron chi connectivity index (χ4n) is 0.220. The minimum Gasteiger partial charge on any atom is -0.342 e. The van der Waals surface area contributed by atoms with Crippen LogP contribution in [0.4, 0.5) is 0 Å². The molecule has 0 amide bonds. The fraction of sp³-hybridized carbons (Fsp3) is 1.00. The summed E-state index contributed by atoms with van der Waals surface area (Å²) in [4.78, 5) is 0. The van der Waals surface area contributed by atoms with Gasteiger partial charge in [0.05, 0.1) is 0 Å². The maximum atomic E-state index is 8.35. The van der Waals surface area contributed by atoms with Crippen molar-refractivity contribution in [1.29, 1.82) is 0 Å². The Morgan fingerprint density at radius 2 is 1.40 bits per heavy atom. The van der Waals surface area contributed by atoms with Crippen LogP contribution >= 0.6 is 34.8 Å². The van der Waals surface area contributed by atoms with Crippen molar-refractivity contribution in [3.63, 3.8) is 0 Å². The highest BCUT2D eigenvalue weighted by Crippen LogP contribution is 2.32. The Morgan fingerprint density at radius 1 is 1.10 bits per heavy atom. The standard InChI is InChI=1S/C3H6Cl3NO3/c4-2(5,6)1(7)3(8,9)10/h1,8-10H,7H2. The molecule has 0 aliphatic carbocycles. The normalized spacial score (nSPS) is 17.1. The lowest BCUT2D eigenvalue weighted by molar-refractivity contribution is -0.322. The van der Waals surface area contributed by atoms with Gasteiger partial charge < -0.3 is 21.1 Å². The SMILES string of the molecule is NC(C(O)(O)O)C(Cl)(Cl)Cl. The first kappa shape index (κ1) is 10.7. The molecule has 0 heterocycles. The van der Waals surface area contributed by atoms with E-state index < -0.39 is 15.8 Å². The summed E-state index contributed by atoms with van der Waals surface area (Å²) in [5.41, 5.74) is 4.88. The van der Waals surface area contributed by atoms with Gasteiger partial charge in [-0.05, 0) is 0 Å². The molecule has 62 valence electrons. The molecule has 1 unspecified atom stereocenters. The van der Waals surface area contributed by atoms with Crippen LogP contribution < -0.4 is 5.73 Å². The summed E-state index contributed by atoms with van der Waals surface area (Å²) in [6, 6.07) is -1.77. The second-order valence-electron chi connectivity index (χ2n) is 1.71. The third-order valence-corrected chi connectivity index (χ3v) is 1.48. The second kappa shape index (κ2) is 2.98. The molecule has 0 saturated heterocycles. The molecule has 0 aromatic rings. The minimum absolute atomic E-state index is 1.77. The summed E-state index contributed by atoms with van der Waals surface area (Å²) >= 11 is 15.3. The van der Waals surface area contributed by atoms with E-state index in [-0.39, 0.29) is 0 Å². The molecule has 0 aliphatic heterocycles. The molecule has 0 fully saturated rings. The van der Waals surface area contributed by atoms with Crippen molar-refractivity contribution in [2.24, 2.45) is 5.73 Å². The van der Waals surface area contributed by atoms with Crippen LogP contribution in [-0.4, -0.2) is 31.1 Å². The Kier molecular flexibility index (Phi) is 3.20. The van der Waals surface area contributed by atoms with Crippen molar-refractivity contribution in [3.05, 3.63) is 0 Å². The van der Waals surface area contributed by atoms with Crippen LogP contribution in [0.2, 0.25) is 0 Å². The van der Waals surface area contributed by atoms with E-state index in [1.807, 2.05) is 0 Å². The summed E-state index contributed by atoms with van der Waals surface area (Å²) in [6.45, 7) is 0. The molecule has 0 aliphatic rings. The maximum Gasteiger partial charge on any atom is 0.295 e. The molecule has 0 spiro atoms. The molecule has 5 N–H and O–H groups in total. The van der Waals surface area contributed by atoms with Gasteiger partial charge in [0, 0.05) is 0 Å². The number of alkyl halides is 3. The molecule has 0 saturated carbocycles. The van der Waals surface area contributed by atoms with Gasteiger partial charge in [-0.1, -0.05) is 34.8 Å². The van der Waals surface area contributed by atoms with Gasteiger partial charge >= 0.3 is 0 Å². The van der Waals surface area contributed by atoms with E-state index >= 15 is 0 Å². The molecule has 0 aromatic heterocycles. The molecule has 0 radical (unpaired) electrons. The van der Waals surface area contributed by atoms with Crippen LogP contribution in [0.5, 0.6) is 0 Å². The lowest BCUT2D eigenvalue weighted by atomic mass is 10.3. The topological polar surface area (TPSA) is 86.7 Å². The first-order valence-corrected chi connectivity index (χ1v) is 3.28. The van der Waals surface area contributed by atoms with Gasteiger partial charge in [-0.15, -0.1) is 0 Å². The minimum atomic E-state index is -3.18. The highest BCUT2D eigenvalue weighted by molar-refractivity contribution is 6.68. The van der Waals surface area contributed by atoms with E-state index in [1.54, 1.807) is 0 Å². The molecule has 0 rings (SSSR count). The van der Waals surface area contributed by atoms with Crippen molar-refractivity contribution in [3.8, 4) is 0 Å². The molecule has 7 heteroatoms. The zero-order valence-electron chi connectivity index (χ0n) is 4.63.